The molecule has 2 rings (SSSR count). The lowest BCUT2D eigenvalue weighted by Crippen LogP contribution is -2.33. The van der Waals surface area contributed by atoms with E-state index in [-0.39, 0.29) is 6.54 Å². The molecule has 1 aliphatic rings. The van der Waals surface area contributed by atoms with Crippen molar-refractivity contribution >= 4 is 11.4 Å². The number of hydrogen-bond acceptors (Lipinski definition) is 2. The Balaban J connectivity index is 2.24. The van der Waals surface area contributed by atoms with Crippen molar-refractivity contribution in [1.29, 1.82) is 0 Å². The van der Waals surface area contributed by atoms with Crippen LogP contribution in [0.15, 0.2) is 18.2 Å². The summed E-state index contributed by atoms with van der Waals surface area (Å²) >= 11 is 0. The lowest BCUT2D eigenvalue weighted by Gasteiger charge is -2.23. The van der Waals surface area contributed by atoms with Crippen LogP contribution in [0.5, 0.6) is 0 Å². The molecule has 1 aromatic carbocycles. The van der Waals surface area contributed by atoms with Crippen molar-refractivity contribution in [1.82, 2.24) is 0 Å². The van der Waals surface area contributed by atoms with E-state index in [1.165, 1.54) is 0 Å². The van der Waals surface area contributed by atoms with Crippen molar-refractivity contribution in [3.05, 3.63) is 23.8 Å². The molecular formula is C11H14F2N2. The number of nitrogen functional groups attached to an aromatic ring is 1. The molecule has 0 atom stereocenters. The predicted octanol–water partition coefficient (Wildman–Crippen LogP) is 2.29. The van der Waals surface area contributed by atoms with Gasteiger partial charge in [-0.25, -0.2) is 8.78 Å². The molecular weight excluding hydrogens is 198 g/mol. The zero-order chi connectivity index (χ0) is 11.1. The van der Waals surface area contributed by atoms with E-state index in [1.54, 1.807) is 11.0 Å². The summed E-state index contributed by atoms with van der Waals surface area (Å²) in [6.45, 7) is 1.36. The van der Waals surface area contributed by atoms with Crippen LogP contribution in [0, 0.1) is 0 Å². The van der Waals surface area contributed by atoms with E-state index in [2.05, 4.69) is 0 Å². The second-order valence-electron chi connectivity index (χ2n) is 4.13. The minimum absolute atomic E-state index is 0.233. The summed E-state index contributed by atoms with van der Waals surface area (Å²) in [7, 11) is 0. The average Bonchev–Trinajstić information content (AvgIpc) is 2.46. The Kier molecular flexibility index (Phi) is 2.29. The normalized spacial score (nSPS) is 15.5. The highest BCUT2D eigenvalue weighted by molar-refractivity contribution is 5.64. The molecule has 2 nitrogen and oxygen atoms in total. The fraction of sp³-hybridized carbons (Fsp3) is 0.455. The summed E-state index contributed by atoms with van der Waals surface area (Å²) in [4.78, 5) is 1.70. The number of nitrogens with two attached hydrogens (primary N) is 1. The molecule has 0 saturated carbocycles. The largest absolute Gasteiger partial charge is 0.399 e. The maximum absolute atomic E-state index is 12.9. The predicted molar refractivity (Wildman–Crippen MR) is 57.4 cm³/mol. The highest BCUT2D eigenvalue weighted by Gasteiger charge is 2.29. The summed E-state index contributed by atoms with van der Waals surface area (Å²) in [5.41, 5.74) is 8.23. The zero-order valence-electron chi connectivity index (χ0n) is 8.63. The second kappa shape index (κ2) is 3.36. The van der Waals surface area contributed by atoms with Gasteiger partial charge in [0.2, 0.25) is 0 Å². The molecule has 0 aromatic heterocycles. The van der Waals surface area contributed by atoms with Gasteiger partial charge < -0.3 is 10.6 Å². The fourth-order valence-corrected chi connectivity index (χ4v) is 1.96. The molecule has 0 aliphatic carbocycles. The molecule has 2 N–H and O–H groups in total. The van der Waals surface area contributed by atoms with Crippen molar-refractivity contribution in [3.8, 4) is 0 Å². The number of halogens is 2. The zero-order valence-corrected chi connectivity index (χ0v) is 8.63. The number of rotatable bonds is 2. The van der Waals surface area contributed by atoms with Crippen molar-refractivity contribution in [3.63, 3.8) is 0 Å². The first-order valence-corrected chi connectivity index (χ1v) is 4.97. The highest BCUT2D eigenvalue weighted by atomic mass is 19.3. The first kappa shape index (κ1) is 10.2. The van der Waals surface area contributed by atoms with Crippen molar-refractivity contribution in [2.24, 2.45) is 0 Å². The third-order valence-electron chi connectivity index (χ3n) is 2.57. The van der Waals surface area contributed by atoms with E-state index < -0.39 is 5.92 Å². The van der Waals surface area contributed by atoms with Gasteiger partial charge in [-0.05, 0) is 24.1 Å². The molecule has 0 unspecified atom stereocenters. The smallest absolute Gasteiger partial charge is 0.262 e. The molecule has 1 heterocycles. The Morgan fingerprint density at radius 3 is 2.87 bits per heavy atom. The van der Waals surface area contributed by atoms with Crippen molar-refractivity contribution < 1.29 is 8.78 Å². The lowest BCUT2D eigenvalue weighted by molar-refractivity contribution is 0.0303. The minimum Gasteiger partial charge on any atom is -0.399 e. The Hall–Kier alpha value is -1.32. The molecule has 0 radical (unpaired) electrons. The maximum Gasteiger partial charge on any atom is 0.262 e. The van der Waals surface area contributed by atoms with Gasteiger partial charge in [0.15, 0.2) is 0 Å². The molecule has 15 heavy (non-hydrogen) atoms. The summed E-state index contributed by atoms with van der Waals surface area (Å²) in [5.74, 6) is -2.66. The van der Waals surface area contributed by atoms with Crippen molar-refractivity contribution in [2.45, 2.75) is 19.3 Å². The molecule has 0 fully saturated rings. The number of benzene rings is 1. The third kappa shape index (κ3) is 2.19. The number of fused-ring (bicyclic) bond motifs is 1. The van der Waals surface area contributed by atoms with Gasteiger partial charge in [-0.2, -0.15) is 0 Å². The Morgan fingerprint density at radius 1 is 1.47 bits per heavy atom. The van der Waals surface area contributed by atoms with Crippen LogP contribution < -0.4 is 10.6 Å². The molecule has 1 aliphatic heterocycles. The van der Waals surface area contributed by atoms with E-state index >= 15 is 0 Å². The van der Waals surface area contributed by atoms with E-state index in [4.69, 9.17) is 5.73 Å². The average molecular weight is 212 g/mol. The second-order valence-corrected chi connectivity index (χ2v) is 4.13. The maximum atomic E-state index is 12.9. The SMILES string of the molecule is CC(F)(F)CN1CCc2ccc(N)cc21. The van der Waals surface area contributed by atoms with Gasteiger partial charge in [0.1, 0.15) is 0 Å². The summed E-state index contributed by atoms with van der Waals surface area (Å²) in [5, 5.41) is 0. The van der Waals surface area contributed by atoms with Gasteiger partial charge in [0.25, 0.3) is 5.92 Å². The van der Waals surface area contributed by atoms with Crippen molar-refractivity contribution in [2.75, 3.05) is 23.7 Å². The quantitative estimate of drug-likeness (QED) is 0.762. The van der Waals surface area contributed by atoms with Crippen LogP contribution in [0.4, 0.5) is 20.2 Å². The standard InChI is InChI=1S/C11H14F2N2/c1-11(12,13)7-15-5-4-8-2-3-9(14)6-10(8)15/h2-3,6H,4-5,7,14H2,1H3. The molecule has 1 aromatic rings. The van der Waals surface area contributed by atoms with Crippen LogP contribution >= 0.6 is 0 Å². The Bertz CT molecular complexity index is 371. The first-order chi connectivity index (χ1) is 6.96. The van der Waals surface area contributed by atoms with E-state index in [1.807, 2.05) is 12.1 Å². The highest BCUT2D eigenvalue weighted by Crippen LogP contribution is 2.31. The third-order valence-corrected chi connectivity index (χ3v) is 2.57. The topological polar surface area (TPSA) is 29.3 Å². The van der Waals surface area contributed by atoms with Gasteiger partial charge in [0, 0.05) is 24.8 Å². The first-order valence-electron chi connectivity index (χ1n) is 4.97. The number of nitrogens with zero attached hydrogens (tertiary/aromatic N) is 1. The van der Waals surface area contributed by atoms with E-state index in [0.717, 1.165) is 24.6 Å². The van der Waals surface area contributed by atoms with Crippen LogP contribution in [0.25, 0.3) is 0 Å². The summed E-state index contributed by atoms with van der Waals surface area (Å²) < 4.78 is 25.8. The van der Waals surface area contributed by atoms with E-state index in [0.29, 0.717) is 12.2 Å². The molecule has 0 spiro atoms. The Labute approximate surface area is 87.7 Å². The summed E-state index contributed by atoms with van der Waals surface area (Å²) in [6.07, 6.45) is 0.825. The number of anilines is 2. The summed E-state index contributed by atoms with van der Waals surface area (Å²) in [6, 6.07) is 5.50. The van der Waals surface area contributed by atoms with Crippen LogP contribution in [-0.2, 0) is 6.42 Å². The monoisotopic (exact) mass is 212 g/mol. The molecule has 0 bridgehead atoms. The minimum atomic E-state index is -2.66. The molecule has 82 valence electrons. The molecule has 4 heteroatoms. The van der Waals surface area contributed by atoms with Crippen LogP contribution in [0.3, 0.4) is 0 Å². The van der Waals surface area contributed by atoms with E-state index in [9.17, 15) is 8.78 Å². The lowest BCUT2D eigenvalue weighted by atomic mass is 10.1. The van der Waals surface area contributed by atoms with Crippen LogP contribution in [0.1, 0.15) is 12.5 Å². The Morgan fingerprint density at radius 2 is 2.20 bits per heavy atom. The van der Waals surface area contributed by atoms with Gasteiger partial charge in [-0.3, -0.25) is 0 Å². The van der Waals surface area contributed by atoms with Gasteiger partial charge in [-0.15, -0.1) is 0 Å². The van der Waals surface area contributed by atoms with Crippen LogP contribution in [-0.4, -0.2) is 19.0 Å². The van der Waals surface area contributed by atoms with Gasteiger partial charge in [-0.1, -0.05) is 6.07 Å². The van der Waals surface area contributed by atoms with Crippen LogP contribution in [0.2, 0.25) is 0 Å². The van der Waals surface area contributed by atoms with Gasteiger partial charge in [0.05, 0.1) is 6.54 Å². The molecule has 0 saturated heterocycles. The molecule has 0 amide bonds. The fourth-order valence-electron chi connectivity index (χ4n) is 1.96. The number of alkyl halides is 2. The number of hydrogen-bond donors (Lipinski definition) is 1. The van der Waals surface area contributed by atoms with Gasteiger partial charge >= 0.3 is 0 Å².